The van der Waals surface area contributed by atoms with Crippen molar-refractivity contribution in [2.75, 3.05) is 46.8 Å². The van der Waals surface area contributed by atoms with Crippen LogP contribution in [-0.4, -0.2) is 76.9 Å². The molecule has 0 bridgehead atoms. The first kappa shape index (κ1) is 28.4. The van der Waals surface area contributed by atoms with E-state index in [-0.39, 0.29) is 56.3 Å². The molecule has 0 aliphatic carbocycles. The zero-order valence-corrected chi connectivity index (χ0v) is 22.3. The van der Waals surface area contributed by atoms with Gasteiger partial charge in [0.1, 0.15) is 12.4 Å². The van der Waals surface area contributed by atoms with Gasteiger partial charge in [-0.2, -0.15) is 4.31 Å². The van der Waals surface area contributed by atoms with Crippen molar-refractivity contribution in [1.29, 1.82) is 0 Å². The first-order valence-corrected chi connectivity index (χ1v) is 13.7. The molecule has 12 heteroatoms. The van der Waals surface area contributed by atoms with Crippen LogP contribution in [0.5, 0.6) is 17.2 Å². The van der Waals surface area contributed by atoms with Crippen LogP contribution < -0.4 is 14.2 Å². The number of hydrogen-bond donors (Lipinski definition) is 1. The maximum atomic E-state index is 13.2. The molecule has 11 nitrogen and oxygen atoms in total. The van der Waals surface area contributed by atoms with E-state index in [0.29, 0.717) is 23.7 Å². The summed E-state index contributed by atoms with van der Waals surface area (Å²) >= 11 is 0. The number of allylic oxidation sites excluding steroid dienone is 1. The number of nitrogens with zero attached hydrogens (tertiary/aromatic N) is 1. The number of hydrogen-bond acceptors (Lipinski definition) is 10. The van der Waals surface area contributed by atoms with Crippen molar-refractivity contribution in [2.24, 2.45) is 0 Å². The van der Waals surface area contributed by atoms with Crippen LogP contribution in [0.4, 0.5) is 0 Å². The third kappa shape index (κ3) is 6.90. The molecular formula is C27H31NO10S. The van der Waals surface area contributed by atoms with E-state index >= 15 is 0 Å². The van der Waals surface area contributed by atoms with E-state index in [4.69, 9.17) is 28.4 Å². The molecule has 39 heavy (non-hydrogen) atoms. The van der Waals surface area contributed by atoms with Gasteiger partial charge in [-0.25, -0.2) is 13.2 Å². The smallest absolute Gasteiger partial charge is 0.373 e. The molecule has 0 saturated carbocycles. The molecule has 2 atom stereocenters. The van der Waals surface area contributed by atoms with Gasteiger partial charge in [-0.1, -0.05) is 18.7 Å². The fraction of sp³-hybridized carbons (Fsp3) is 0.370. The van der Waals surface area contributed by atoms with Gasteiger partial charge < -0.3 is 33.5 Å². The average molecular weight is 562 g/mol. The van der Waals surface area contributed by atoms with Gasteiger partial charge in [-0.3, -0.25) is 0 Å². The summed E-state index contributed by atoms with van der Waals surface area (Å²) in [4.78, 5) is 12.6. The number of aliphatic hydroxyl groups is 1. The fourth-order valence-corrected chi connectivity index (χ4v) is 5.55. The molecule has 2 aromatic rings. The number of sulfonamides is 1. The number of benzene rings is 2. The molecule has 2 heterocycles. The Labute approximate surface area is 227 Å². The third-order valence-corrected chi connectivity index (χ3v) is 8.02. The van der Waals surface area contributed by atoms with E-state index in [2.05, 4.69) is 6.58 Å². The molecular weight excluding hydrogens is 530 g/mol. The van der Waals surface area contributed by atoms with E-state index in [9.17, 15) is 18.3 Å². The highest BCUT2D eigenvalue weighted by molar-refractivity contribution is 7.89. The quantitative estimate of drug-likeness (QED) is 0.288. The van der Waals surface area contributed by atoms with Crippen LogP contribution in [0, 0.1) is 0 Å². The normalized spacial score (nSPS) is 18.3. The van der Waals surface area contributed by atoms with Gasteiger partial charge in [0, 0.05) is 25.4 Å². The molecule has 2 aliphatic heterocycles. The second kappa shape index (κ2) is 13.0. The second-order valence-electron chi connectivity index (χ2n) is 8.59. The van der Waals surface area contributed by atoms with Crippen LogP contribution in [0.2, 0.25) is 0 Å². The Hall–Kier alpha value is -3.58. The van der Waals surface area contributed by atoms with Crippen LogP contribution in [-0.2, 0) is 29.0 Å². The Kier molecular flexibility index (Phi) is 9.46. The lowest BCUT2D eigenvalue weighted by Gasteiger charge is -2.30. The molecule has 2 aromatic carbocycles. The first-order valence-electron chi connectivity index (χ1n) is 12.3. The lowest BCUT2D eigenvalue weighted by molar-refractivity contribution is -0.160. The molecule has 1 N–H and O–H groups in total. The van der Waals surface area contributed by atoms with Gasteiger partial charge in [0.2, 0.25) is 28.9 Å². The molecule has 0 aromatic heterocycles. The van der Waals surface area contributed by atoms with E-state index in [1.54, 1.807) is 24.3 Å². The number of rotatable bonds is 13. The molecule has 0 amide bonds. The second-order valence-corrected chi connectivity index (χ2v) is 10.5. The van der Waals surface area contributed by atoms with Crippen molar-refractivity contribution in [1.82, 2.24) is 4.31 Å². The van der Waals surface area contributed by atoms with Crippen LogP contribution in [0.15, 0.2) is 71.9 Å². The first-order chi connectivity index (χ1) is 18.8. The fourth-order valence-electron chi connectivity index (χ4n) is 4.13. The molecule has 210 valence electrons. The van der Waals surface area contributed by atoms with E-state index in [1.165, 1.54) is 25.3 Å². The standard InChI is InChI=1S/C27H31NO10S/c1-3-13-35-27(30)25-16-20(19-4-9-23-24(15-19)37-18-36-23)17-26(38-25)34-14-11-28(10-12-29)39(31,32)22-7-5-21(33-2)6-8-22/h3-9,15-16,20,26,29H,1,10-14,17-18H2,2H3. The topological polar surface area (TPSA) is 130 Å². The Morgan fingerprint density at radius 2 is 1.92 bits per heavy atom. The minimum Gasteiger partial charge on any atom is -0.497 e. The highest BCUT2D eigenvalue weighted by atomic mass is 32.2. The highest BCUT2D eigenvalue weighted by Crippen LogP contribution is 2.38. The van der Waals surface area contributed by atoms with Crippen LogP contribution in [0.3, 0.4) is 0 Å². The zero-order chi connectivity index (χ0) is 27.8. The number of carbonyl (C=O) groups is 1. The molecule has 4 rings (SSSR count). The van der Waals surface area contributed by atoms with Gasteiger partial charge in [0.05, 0.1) is 25.2 Å². The van der Waals surface area contributed by atoms with Crippen LogP contribution in [0.25, 0.3) is 0 Å². The Balaban J connectivity index is 1.46. The minimum atomic E-state index is -3.91. The lowest BCUT2D eigenvalue weighted by atomic mass is 9.92. The van der Waals surface area contributed by atoms with Gasteiger partial charge in [-0.15, -0.1) is 0 Å². The monoisotopic (exact) mass is 561 g/mol. The summed E-state index contributed by atoms with van der Waals surface area (Å²) < 4.78 is 60.2. The molecule has 2 unspecified atom stereocenters. The van der Waals surface area contributed by atoms with Crippen molar-refractivity contribution in [3.63, 3.8) is 0 Å². The van der Waals surface area contributed by atoms with Crippen LogP contribution >= 0.6 is 0 Å². The summed E-state index contributed by atoms with van der Waals surface area (Å²) in [6.07, 6.45) is 2.60. The largest absolute Gasteiger partial charge is 0.497 e. The molecule has 2 aliphatic rings. The number of esters is 1. The summed E-state index contributed by atoms with van der Waals surface area (Å²) in [7, 11) is -2.42. The molecule has 0 fully saturated rings. The molecule has 0 radical (unpaired) electrons. The molecule has 0 spiro atoms. The predicted octanol–water partition coefficient (Wildman–Crippen LogP) is 2.57. The van der Waals surface area contributed by atoms with Gasteiger partial charge in [0.25, 0.3) is 0 Å². The van der Waals surface area contributed by atoms with Gasteiger partial charge in [-0.05, 0) is 48.0 Å². The number of ether oxygens (including phenoxy) is 6. The number of aliphatic hydroxyl groups excluding tert-OH is 1. The zero-order valence-electron chi connectivity index (χ0n) is 21.5. The Morgan fingerprint density at radius 1 is 1.15 bits per heavy atom. The number of methoxy groups -OCH3 is 1. The number of fused-ring (bicyclic) bond motifs is 1. The van der Waals surface area contributed by atoms with Gasteiger partial charge in [0.15, 0.2) is 11.5 Å². The summed E-state index contributed by atoms with van der Waals surface area (Å²) in [6.45, 7) is 3.09. The van der Waals surface area contributed by atoms with Gasteiger partial charge >= 0.3 is 5.97 Å². The van der Waals surface area contributed by atoms with E-state index in [0.717, 1.165) is 9.87 Å². The van der Waals surface area contributed by atoms with Crippen molar-refractivity contribution in [3.05, 3.63) is 72.5 Å². The van der Waals surface area contributed by atoms with E-state index < -0.39 is 22.3 Å². The maximum absolute atomic E-state index is 13.2. The van der Waals surface area contributed by atoms with Crippen molar-refractivity contribution in [2.45, 2.75) is 23.5 Å². The lowest BCUT2D eigenvalue weighted by Crippen LogP contribution is -2.37. The summed E-state index contributed by atoms with van der Waals surface area (Å²) in [5.41, 5.74) is 0.856. The summed E-state index contributed by atoms with van der Waals surface area (Å²) in [5.74, 6) is 0.792. The highest BCUT2D eigenvalue weighted by Gasteiger charge is 2.31. The van der Waals surface area contributed by atoms with Crippen LogP contribution in [0.1, 0.15) is 17.9 Å². The minimum absolute atomic E-state index is 0.0130. The van der Waals surface area contributed by atoms with Crippen molar-refractivity contribution >= 4 is 16.0 Å². The number of carbonyl (C=O) groups excluding carboxylic acids is 1. The Bertz CT molecular complexity index is 1290. The summed E-state index contributed by atoms with van der Waals surface area (Å²) in [5, 5.41) is 9.49. The predicted molar refractivity (Wildman–Crippen MR) is 139 cm³/mol. The SMILES string of the molecule is C=CCOC(=O)C1=CC(c2ccc3c(c2)OCO3)CC(OCCN(CCO)S(=O)(=O)c2ccc(OC)cc2)O1. The summed E-state index contributed by atoms with van der Waals surface area (Å²) in [6, 6.07) is 11.5. The maximum Gasteiger partial charge on any atom is 0.373 e. The average Bonchev–Trinajstić information content (AvgIpc) is 3.43. The Morgan fingerprint density at radius 3 is 2.64 bits per heavy atom. The van der Waals surface area contributed by atoms with E-state index in [1.807, 2.05) is 12.1 Å². The van der Waals surface area contributed by atoms with Crippen molar-refractivity contribution < 1.29 is 46.7 Å². The molecule has 0 saturated heterocycles. The van der Waals surface area contributed by atoms with Crippen molar-refractivity contribution in [3.8, 4) is 17.2 Å². The third-order valence-electron chi connectivity index (χ3n) is 6.11.